The Morgan fingerprint density at radius 2 is 0.471 bits per heavy atom. The smallest absolute Gasteiger partial charge is 0.317 e. The fourth-order valence-corrected chi connectivity index (χ4v) is 16.9. The van der Waals surface area contributed by atoms with E-state index in [9.17, 15) is 24.0 Å². The van der Waals surface area contributed by atoms with E-state index in [2.05, 4.69) is 26.6 Å². The van der Waals surface area contributed by atoms with Crippen molar-refractivity contribution < 1.29 is 110 Å². The third-order valence-corrected chi connectivity index (χ3v) is 26.9. The molecule has 5 aromatic rings. The third kappa shape index (κ3) is 35.8. The minimum atomic E-state index is -3.66. The zero-order chi connectivity index (χ0) is 156. The van der Waals surface area contributed by atoms with Crippen LogP contribution in [0.3, 0.4) is 0 Å². The van der Waals surface area contributed by atoms with Crippen molar-refractivity contribution in [1.82, 2.24) is 75.6 Å². The Morgan fingerprint density at radius 1 is 0.279 bits per heavy atom. The molecule has 0 aromatic heterocycles. The number of hydrogen-bond donors (Lipinski definition) is 5. The molecule has 5 aliphatic heterocycles. The van der Waals surface area contributed by atoms with E-state index in [4.69, 9.17) is 144 Å². The van der Waals surface area contributed by atoms with Gasteiger partial charge in [-0.05, 0) is 315 Å². The van der Waals surface area contributed by atoms with Gasteiger partial charge in [-0.2, -0.15) is 0 Å². The minimum Gasteiger partial charge on any atom is -0.368 e. The van der Waals surface area contributed by atoms with E-state index in [1.807, 2.05) is 0 Å². The Labute approximate surface area is 956 Å². The molecular weight excluding hydrogens is 1860 g/mol. The highest BCUT2D eigenvalue weighted by Crippen LogP contribution is 2.39. The first-order valence-corrected chi connectivity index (χ1v) is 48.4. The maximum absolute atomic E-state index is 12.3. The molecule has 5 saturated carbocycles. The van der Waals surface area contributed by atoms with Crippen LogP contribution in [0.1, 0.15) is 275 Å². The fourth-order valence-electron chi connectivity index (χ4n) is 15.9. The normalized spacial score (nSPS) is 38.4. The highest BCUT2D eigenvalue weighted by atomic mass is 35.5. The summed E-state index contributed by atoms with van der Waals surface area (Å²) >= 11 is 31.7. The van der Waals surface area contributed by atoms with Gasteiger partial charge in [-0.1, -0.05) is 119 Å². The zero-order valence-electron chi connectivity index (χ0n) is 144. The molecule has 30 heteroatoms. The molecule has 0 radical (unpaired) electrons. The van der Waals surface area contributed by atoms with Crippen LogP contribution < -0.4 is 51.1 Å². The number of piperazine rings is 5. The fraction of sp³-hybridized carbons (Fsp3) is 0.682. The molecule has 140 heavy (non-hydrogen) atoms. The lowest BCUT2D eigenvalue weighted by atomic mass is 9.84. The van der Waals surface area contributed by atoms with E-state index < -0.39 is 263 Å². The summed E-state index contributed by atoms with van der Waals surface area (Å²) in [5.41, 5.74) is 0.707. The predicted octanol–water partition coefficient (Wildman–Crippen LogP) is 20.0. The minimum absolute atomic E-state index is 0.0341. The highest BCUT2D eigenvalue weighted by molar-refractivity contribution is 6.35. The Morgan fingerprint density at radius 3 is 0.686 bits per heavy atom. The number of nitrogens with zero attached hydrogens (tertiary/aromatic N) is 15. The molecule has 0 bridgehead atoms. The molecule has 5 N–H and O–H groups in total. The number of hydrogen-bond acceptors (Lipinski definition) is 15. The molecule has 15 rings (SSSR count). The van der Waals surface area contributed by atoms with Gasteiger partial charge in [0.15, 0.2) is 0 Å². The standard InChI is InChI=1S/5C22H35ClN4O/c5*1-17-5-4-6-20(21(17)23)27-15-13-26(14-16-27)12-11-18-7-9-19(10-8-18)24-22(28)25(2)3/h5*4-6,18-19H,7-16H2,1-3H3,(H,24,28)/i2D3,11D2,12D2,13D2,14D2,15D2,16D2;11D2,12D2,13D2,14D2,15D2,16D2;2D3,12D2,13D2,14D2,15D2,16D2;2D3,11D2,13D2,14D2,15D2,16D2;12D2,13D2,14D2,15D2,16D2. The Hall–Kier alpha value is -7.30. The van der Waals surface area contributed by atoms with E-state index in [-0.39, 0.29) is 190 Å². The molecule has 0 spiro atoms. The van der Waals surface area contributed by atoms with Crippen LogP contribution in [0.2, 0.25) is 25.1 Å². The van der Waals surface area contributed by atoms with E-state index in [0.717, 1.165) is 21.1 Å². The van der Waals surface area contributed by atoms with E-state index in [0.29, 0.717) is 126 Å². The average Bonchev–Trinajstić information content (AvgIpc) is 0.667. The topological polar surface area (TPSA) is 194 Å². The van der Waals surface area contributed by atoms with Crippen LogP contribution in [0.4, 0.5) is 52.4 Å². The lowest BCUT2D eigenvalue weighted by Crippen LogP contribution is -2.47. The number of aryl methyl sites for hydroxylation is 5. The summed E-state index contributed by atoms with van der Waals surface area (Å²) in [4.78, 5) is 66.5. The van der Waals surface area contributed by atoms with Gasteiger partial charge in [-0.15, -0.1) is 0 Å². The van der Waals surface area contributed by atoms with Gasteiger partial charge >= 0.3 is 30.2 Å². The molecule has 5 heterocycles. The number of benzene rings is 5. The number of nitrogens with one attached hydrogen (secondary N) is 5. The maximum Gasteiger partial charge on any atom is 0.317 e. The van der Waals surface area contributed by atoms with Crippen LogP contribution in [0.15, 0.2) is 91.0 Å². The first-order valence-electron chi connectivity index (χ1n) is 78.0. The maximum atomic E-state index is 12.3. The predicted molar refractivity (Wildman–Crippen MR) is 587 cm³/mol. The summed E-state index contributed by atoms with van der Waals surface area (Å²) < 4.78 is 536. The van der Waals surface area contributed by atoms with Gasteiger partial charge in [0.2, 0.25) is 0 Å². The summed E-state index contributed by atoms with van der Waals surface area (Å²) in [6.07, 6.45) is -3.78. The Balaban J connectivity index is 0.000000233. The van der Waals surface area contributed by atoms with E-state index in [1.54, 1.807) is 80.2 Å². The van der Waals surface area contributed by atoms with Gasteiger partial charge in [0.25, 0.3) is 0 Å². The molecular formula is C110H175Cl5N20O5. The average molecular weight is 2100 g/mol. The van der Waals surface area contributed by atoms with Crippen molar-refractivity contribution >= 4 is 117 Å². The molecule has 0 atom stereocenters. The molecule has 25 nitrogen and oxygen atoms in total. The second kappa shape index (κ2) is 57.6. The molecule has 10 fully saturated rings. The van der Waals surface area contributed by atoms with Gasteiger partial charge in [-0.25, -0.2) is 24.0 Å². The van der Waals surface area contributed by atoms with Gasteiger partial charge in [0, 0.05) is 289 Å². The van der Waals surface area contributed by atoms with Crippen LogP contribution >= 0.6 is 58.0 Å². The Bertz CT molecular complexity index is 7560. The number of rotatable bonds is 25. The number of carbonyl (C=O) groups excluding carboxylic acids is 5. The van der Waals surface area contributed by atoms with Crippen molar-refractivity contribution in [1.29, 1.82) is 0 Å². The summed E-state index contributed by atoms with van der Waals surface area (Å²) in [6, 6.07) is 16.6. The van der Waals surface area contributed by atoms with Crippen molar-refractivity contribution in [3.63, 3.8) is 0 Å². The summed E-state index contributed by atoms with van der Waals surface area (Å²) in [6.45, 7) is -81.1. The van der Waals surface area contributed by atoms with Crippen molar-refractivity contribution in [2.24, 2.45) is 29.6 Å². The molecule has 5 aromatic carbocycles. The lowest BCUT2D eigenvalue weighted by molar-refractivity contribution is 0.194. The van der Waals surface area contributed by atoms with Crippen molar-refractivity contribution in [2.75, 3.05) is 257 Å². The molecule has 5 saturated heterocycles. The summed E-state index contributed by atoms with van der Waals surface area (Å²) in [5, 5.41) is 13.0. The molecule has 780 valence electrons. The third-order valence-electron chi connectivity index (χ3n) is 24.5. The van der Waals surface area contributed by atoms with Gasteiger partial charge in [-0.3, -0.25) is 24.5 Å². The van der Waals surface area contributed by atoms with Gasteiger partial charge in [0.05, 0.1) is 81.0 Å². The second-order valence-corrected chi connectivity index (χ2v) is 37.5. The molecule has 0 unspecified atom stereocenters. The Kier molecular flexibility index (Phi) is 22.4. The van der Waals surface area contributed by atoms with E-state index in [1.165, 1.54) is 83.5 Å². The van der Waals surface area contributed by atoms with Gasteiger partial charge < -0.3 is 75.6 Å². The van der Waals surface area contributed by atoms with Gasteiger partial charge in [0.1, 0.15) is 0 Å². The van der Waals surface area contributed by atoms with Crippen molar-refractivity contribution in [3.05, 3.63) is 144 Å². The number of anilines is 5. The first-order chi connectivity index (χ1) is 91.1. The van der Waals surface area contributed by atoms with Crippen LogP contribution in [0, 0.1) is 64.2 Å². The highest BCUT2D eigenvalue weighted by Gasteiger charge is 2.33. The van der Waals surface area contributed by atoms with Crippen LogP contribution in [0.5, 0.6) is 0 Å². The van der Waals surface area contributed by atoms with Crippen LogP contribution in [-0.2, 0) is 0 Å². The van der Waals surface area contributed by atoms with Crippen molar-refractivity contribution in [3.8, 4) is 0 Å². The van der Waals surface area contributed by atoms with Crippen LogP contribution in [-0.4, -0.2) is 342 Å². The first kappa shape index (κ1) is 54.4. The molecule has 10 aliphatic rings. The number of amides is 10. The lowest BCUT2D eigenvalue weighted by Gasteiger charge is -2.37. The summed E-state index contributed by atoms with van der Waals surface area (Å²) in [7, 11) is 9.77. The molecule has 5 aliphatic carbocycles. The monoisotopic (exact) mass is 2090 g/mol. The summed E-state index contributed by atoms with van der Waals surface area (Å²) in [5.74, 6) is -3.70. The van der Waals surface area contributed by atoms with Crippen molar-refractivity contribution in [2.45, 2.75) is 225 Å². The number of urea groups is 5. The van der Waals surface area contributed by atoms with Crippen LogP contribution in [0.25, 0.3) is 0 Å². The van der Waals surface area contributed by atoms with E-state index >= 15 is 0 Å². The second-order valence-electron chi connectivity index (χ2n) is 35.6. The zero-order valence-corrected chi connectivity index (χ0v) is 84.6. The SMILES string of the molecule is [2H]C([2H])(C1CCC(NC(=O)N(C)C)CC1)C([2H])([2H])N1C([2H])([2H])C([2H])([2H])N(c2cccc(C)c2Cl)C([2H])([2H])C1([2H])[2H].[2H]C([2H])(CC1CCC(NC(=O)N(C)C)CC1)N1C([2H])([2H])C([2H])([2H])N(c2cccc(C)c2Cl)C([2H])([2H])C1([2H])[2H].[2H]C([2H])(CN1C([2H])([2H])C([2H])([2H])N(c2cccc(C)c2Cl)C([2H])([2H])C1([2H])[2H])C1CCC(NC(=O)N(C)C([2H])([2H])[2H])CC1.[2H]C([2H])([2H])N(C)C(=O)NC1CCC(C([2H])([2H])C([2H])([2H])N2C([2H])([2H])C([2H])([2H])N(c3cccc(C)c3Cl)C([2H])([2H])C2([2H])[2H])CC1.[2H]C([2H])([2H])N(C)C(=O)NC1CCC(CC([2H])([2H])N2C([2H])([2H])C([2H])([2H])N(c3cccc(C)c3Cl)C([2H])([2H])C2([2H])[2H])CC1. The quantitative estimate of drug-likeness (QED) is 0.0370. The molecule has 10 amide bonds. The number of carbonyl (C=O) groups is 5. The number of halogens is 5. The largest absolute Gasteiger partial charge is 0.368 e.